The number of rotatable bonds is 0. The number of nitrogen functional groups attached to an aromatic ring is 1. The summed E-state index contributed by atoms with van der Waals surface area (Å²) in [6, 6.07) is 0. The van der Waals surface area contributed by atoms with Gasteiger partial charge in [0.2, 0.25) is 0 Å². The standard InChI is InChI=1S/C8H5N5/c9-7-6-5(11-3-12-6)4-1-2-10-8(4)13-7/h1-3H,(H2,9,10,13). The van der Waals surface area contributed by atoms with Crippen LogP contribution in [0.1, 0.15) is 5.56 Å². The molecule has 0 unspecified atom stereocenters. The lowest BCUT2D eigenvalue weighted by Crippen LogP contribution is -2.21. The molecule has 0 fully saturated rings. The molecule has 2 N–H and O–H groups in total. The second-order valence-corrected chi connectivity index (χ2v) is 2.75. The number of nitrogens with zero attached hydrogens (tertiary/aromatic N) is 4. The van der Waals surface area contributed by atoms with Crippen LogP contribution in [0, 0.1) is 0 Å². The Bertz CT molecular complexity index is 567. The van der Waals surface area contributed by atoms with Crippen molar-refractivity contribution in [3.8, 4) is 0 Å². The Morgan fingerprint density at radius 1 is 1.23 bits per heavy atom. The molecule has 5 heteroatoms. The van der Waals surface area contributed by atoms with Gasteiger partial charge < -0.3 is 5.73 Å². The number of hydrogen-bond acceptors (Lipinski definition) is 5. The molecule has 1 aromatic heterocycles. The Morgan fingerprint density at radius 2 is 2.15 bits per heavy atom. The smallest absolute Gasteiger partial charge is 0.163 e. The fourth-order valence-electron chi connectivity index (χ4n) is 1.42. The van der Waals surface area contributed by atoms with Gasteiger partial charge in [0.25, 0.3) is 0 Å². The average Bonchev–Trinajstić information content (AvgIpc) is 2.66. The van der Waals surface area contributed by atoms with Crippen molar-refractivity contribution in [1.82, 2.24) is 4.98 Å². The lowest BCUT2D eigenvalue weighted by atomic mass is 10.2. The fraction of sp³-hybridized carbons (Fsp3) is 0. The molecule has 0 amide bonds. The van der Waals surface area contributed by atoms with Gasteiger partial charge in [0, 0.05) is 11.8 Å². The minimum absolute atomic E-state index is 0.388. The molecule has 1 aromatic rings. The van der Waals surface area contributed by atoms with Crippen molar-refractivity contribution in [2.45, 2.75) is 0 Å². The summed E-state index contributed by atoms with van der Waals surface area (Å²) in [6.45, 7) is 0. The summed E-state index contributed by atoms with van der Waals surface area (Å²) < 4.78 is 0. The molecular formula is C8H5N5. The minimum atomic E-state index is 0.388. The van der Waals surface area contributed by atoms with Crippen LogP contribution in [0.5, 0.6) is 0 Å². The third-order valence-electron chi connectivity index (χ3n) is 2.00. The Kier molecular flexibility index (Phi) is 0.999. The number of nitrogens with two attached hydrogens (primary N) is 1. The molecule has 0 spiro atoms. The SMILES string of the molecule is Nc1nc2c(c3c1=NC=N3)C=CN=2. The van der Waals surface area contributed by atoms with E-state index in [0.29, 0.717) is 16.7 Å². The molecule has 3 rings (SSSR count). The van der Waals surface area contributed by atoms with E-state index in [0.717, 1.165) is 11.3 Å². The molecule has 0 saturated heterocycles. The maximum absolute atomic E-state index is 5.67. The van der Waals surface area contributed by atoms with Gasteiger partial charge in [-0.3, -0.25) is 0 Å². The zero-order chi connectivity index (χ0) is 8.84. The number of aliphatic imine (C=N–C) groups is 1. The van der Waals surface area contributed by atoms with Crippen molar-refractivity contribution in [1.29, 1.82) is 0 Å². The second-order valence-electron chi connectivity index (χ2n) is 2.75. The Morgan fingerprint density at radius 3 is 3.08 bits per heavy atom. The van der Waals surface area contributed by atoms with Gasteiger partial charge in [-0.15, -0.1) is 0 Å². The van der Waals surface area contributed by atoms with Crippen LogP contribution in [0.25, 0.3) is 6.08 Å². The zero-order valence-corrected chi connectivity index (χ0v) is 6.60. The first-order valence-corrected chi connectivity index (χ1v) is 3.80. The van der Waals surface area contributed by atoms with E-state index < -0.39 is 0 Å². The molecule has 0 aliphatic carbocycles. The minimum Gasteiger partial charge on any atom is -0.382 e. The zero-order valence-electron chi connectivity index (χ0n) is 6.60. The van der Waals surface area contributed by atoms with E-state index in [-0.39, 0.29) is 0 Å². The van der Waals surface area contributed by atoms with E-state index in [9.17, 15) is 0 Å². The summed E-state index contributed by atoms with van der Waals surface area (Å²) >= 11 is 0. The highest BCUT2D eigenvalue weighted by Gasteiger charge is 2.13. The van der Waals surface area contributed by atoms with Crippen molar-refractivity contribution in [2.75, 3.05) is 5.73 Å². The van der Waals surface area contributed by atoms with Crippen molar-refractivity contribution >= 4 is 23.9 Å². The number of hydrogen-bond donors (Lipinski definition) is 1. The van der Waals surface area contributed by atoms with Crippen molar-refractivity contribution < 1.29 is 0 Å². The second kappa shape index (κ2) is 2.01. The molecule has 5 nitrogen and oxygen atoms in total. The highest BCUT2D eigenvalue weighted by molar-refractivity contribution is 5.76. The first kappa shape index (κ1) is 6.47. The van der Waals surface area contributed by atoms with Crippen LogP contribution in [0.4, 0.5) is 11.5 Å². The summed E-state index contributed by atoms with van der Waals surface area (Å²) in [4.78, 5) is 16.3. The van der Waals surface area contributed by atoms with Crippen LogP contribution in [-0.4, -0.2) is 11.3 Å². The first-order valence-electron chi connectivity index (χ1n) is 3.80. The molecule has 2 aliphatic rings. The van der Waals surface area contributed by atoms with E-state index in [1.165, 1.54) is 6.34 Å². The first-order chi connectivity index (χ1) is 6.36. The fourth-order valence-corrected chi connectivity index (χ4v) is 1.42. The van der Waals surface area contributed by atoms with Crippen molar-refractivity contribution in [3.63, 3.8) is 0 Å². The summed E-state index contributed by atoms with van der Waals surface area (Å²) in [5, 5.41) is 0.653. The van der Waals surface area contributed by atoms with Gasteiger partial charge in [-0.25, -0.2) is 20.0 Å². The highest BCUT2D eigenvalue weighted by Crippen LogP contribution is 2.17. The normalized spacial score (nSPS) is 15.1. The molecule has 0 bridgehead atoms. The molecule has 0 radical (unpaired) electrons. The van der Waals surface area contributed by atoms with E-state index >= 15 is 0 Å². The average molecular weight is 171 g/mol. The molecule has 0 aromatic carbocycles. The lowest BCUT2D eigenvalue weighted by molar-refractivity contribution is 1.14. The van der Waals surface area contributed by atoms with Crippen LogP contribution < -0.4 is 16.6 Å². The third-order valence-corrected chi connectivity index (χ3v) is 2.00. The van der Waals surface area contributed by atoms with E-state index in [1.807, 2.05) is 6.08 Å². The van der Waals surface area contributed by atoms with Crippen LogP contribution >= 0.6 is 0 Å². The van der Waals surface area contributed by atoms with Gasteiger partial charge in [0.1, 0.15) is 17.4 Å². The number of pyridine rings is 1. The summed E-state index contributed by atoms with van der Waals surface area (Å²) in [5.74, 6) is 0.388. The van der Waals surface area contributed by atoms with Gasteiger partial charge >= 0.3 is 0 Å². The summed E-state index contributed by atoms with van der Waals surface area (Å²) in [7, 11) is 0. The molecule has 2 aliphatic heterocycles. The largest absolute Gasteiger partial charge is 0.382 e. The molecule has 62 valence electrons. The molecule has 13 heavy (non-hydrogen) atoms. The monoisotopic (exact) mass is 171 g/mol. The van der Waals surface area contributed by atoms with E-state index in [2.05, 4.69) is 20.0 Å². The Balaban J connectivity index is 2.58. The maximum Gasteiger partial charge on any atom is 0.163 e. The van der Waals surface area contributed by atoms with Crippen LogP contribution in [0.3, 0.4) is 0 Å². The Labute approximate surface area is 73.1 Å². The van der Waals surface area contributed by atoms with Gasteiger partial charge in [0.15, 0.2) is 11.3 Å². The summed E-state index contributed by atoms with van der Waals surface area (Å²) in [6.07, 6.45) is 5.03. The molecule has 0 saturated carbocycles. The summed E-state index contributed by atoms with van der Waals surface area (Å²) in [5.41, 5.74) is 7.98. The molecular weight excluding hydrogens is 166 g/mol. The van der Waals surface area contributed by atoms with Gasteiger partial charge in [0.05, 0.1) is 0 Å². The van der Waals surface area contributed by atoms with Gasteiger partial charge in [-0.1, -0.05) is 0 Å². The molecule has 0 atom stereocenters. The van der Waals surface area contributed by atoms with Gasteiger partial charge in [-0.05, 0) is 6.08 Å². The topological polar surface area (TPSA) is 76.0 Å². The predicted octanol–water partition coefficient (Wildman–Crippen LogP) is -0.439. The Hall–Kier alpha value is -2.04. The highest BCUT2D eigenvalue weighted by atomic mass is 15.0. The third kappa shape index (κ3) is 0.703. The van der Waals surface area contributed by atoms with Crippen molar-refractivity contribution in [2.24, 2.45) is 15.0 Å². The lowest BCUT2D eigenvalue weighted by Gasteiger charge is -1.96. The number of fused-ring (bicyclic) bond motifs is 3. The van der Waals surface area contributed by atoms with E-state index in [1.54, 1.807) is 6.20 Å². The predicted molar refractivity (Wildman–Crippen MR) is 48.1 cm³/mol. The number of aromatic nitrogens is 1. The van der Waals surface area contributed by atoms with Crippen LogP contribution in [-0.2, 0) is 0 Å². The van der Waals surface area contributed by atoms with Crippen LogP contribution in [0.2, 0.25) is 0 Å². The van der Waals surface area contributed by atoms with E-state index in [4.69, 9.17) is 5.73 Å². The van der Waals surface area contributed by atoms with Crippen LogP contribution in [0.15, 0.2) is 21.2 Å². The van der Waals surface area contributed by atoms with Gasteiger partial charge in [-0.2, -0.15) is 0 Å². The quantitative estimate of drug-likeness (QED) is 0.574. The maximum atomic E-state index is 5.67. The molecule has 3 heterocycles. The number of anilines is 1. The van der Waals surface area contributed by atoms with Crippen molar-refractivity contribution in [3.05, 3.63) is 22.6 Å².